The van der Waals surface area contributed by atoms with Crippen molar-refractivity contribution in [3.05, 3.63) is 55.7 Å². The van der Waals surface area contributed by atoms with E-state index >= 15 is 0 Å². The fourth-order valence-corrected chi connectivity index (χ4v) is 3.80. The molecule has 0 spiro atoms. The Kier molecular flexibility index (Phi) is 5.38. The standard InChI is InChI=1S/C16H21BrN2S/c1-10(2)13-6-4-12(5-7-13)9-14(19-18)15-8-11(3)16(17)20-15/h4-8,10,14,19H,9,18H2,1-3H3. The Balaban J connectivity index is 2.13. The maximum absolute atomic E-state index is 5.73. The maximum Gasteiger partial charge on any atom is 0.0731 e. The molecule has 0 bridgehead atoms. The summed E-state index contributed by atoms with van der Waals surface area (Å²) in [5.74, 6) is 6.30. The number of nitrogens with one attached hydrogen (secondary N) is 1. The zero-order valence-corrected chi connectivity index (χ0v) is 14.5. The lowest BCUT2D eigenvalue weighted by atomic mass is 9.99. The van der Waals surface area contributed by atoms with Crippen LogP contribution >= 0.6 is 27.3 Å². The van der Waals surface area contributed by atoms with Crippen molar-refractivity contribution in [2.45, 2.75) is 39.2 Å². The number of hydrogen-bond donors (Lipinski definition) is 2. The molecule has 0 saturated heterocycles. The molecule has 4 heteroatoms. The minimum absolute atomic E-state index is 0.162. The van der Waals surface area contributed by atoms with Crippen LogP contribution in [-0.2, 0) is 6.42 Å². The highest BCUT2D eigenvalue weighted by atomic mass is 79.9. The van der Waals surface area contributed by atoms with Crippen molar-refractivity contribution in [2.24, 2.45) is 5.84 Å². The second kappa shape index (κ2) is 6.85. The lowest BCUT2D eigenvalue weighted by Crippen LogP contribution is -2.28. The second-order valence-corrected chi connectivity index (χ2v) is 7.83. The molecule has 2 rings (SSSR count). The van der Waals surface area contributed by atoms with Gasteiger partial charge in [-0.2, -0.15) is 0 Å². The smallest absolute Gasteiger partial charge is 0.0731 e. The quantitative estimate of drug-likeness (QED) is 0.605. The number of benzene rings is 1. The van der Waals surface area contributed by atoms with E-state index in [-0.39, 0.29) is 6.04 Å². The molecule has 0 amide bonds. The molecule has 0 radical (unpaired) electrons. The Morgan fingerprint density at radius 2 is 1.90 bits per heavy atom. The Morgan fingerprint density at radius 3 is 2.35 bits per heavy atom. The zero-order chi connectivity index (χ0) is 14.7. The van der Waals surface area contributed by atoms with Crippen LogP contribution in [0.4, 0.5) is 0 Å². The first-order chi connectivity index (χ1) is 9.51. The van der Waals surface area contributed by atoms with Gasteiger partial charge in [0.15, 0.2) is 0 Å². The van der Waals surface area contributed by atoms with Gasteiger partial charge in [0.1, 0.15) is 0 Å². The molecule has 0 saturated carbocycles. The molecular formula is C16H21BrN2S. The highest BCUT2D eigenvalue weighted by molar-refractivity contribution is 9.11. The first-order valence-corrected chi connectivity index (χ1v) is 8.43. The van der Waals surface area contributed by atoms with Gasteiger partial charge in [-0.1, -0.05) is 38.1 Å². The van der Waals surface area contributed by atoms with Crippen molar-refractivity contribution in [1.82, 2.24) is 5.43 Å². The van der Waals surface area contributed by atoms with E-state index in [2.05, 4.69) is 72.5 Å². The van der Waals surface area contributed by atoms with Crippen LogP contribution in [0.2, 0.25) is 0 Å². The van der Waals surface area contributed by atoms with E-state index in [0.29, 0.717) is 5.92 Å². The molecule has 0 aliphatic heterocycles. The van der Waals surface area contributed by atoms with Gasteiger partial charge >= 0.3 is 0 Å². The number of hydrazine groups is 1. The highest BCUT2D eigenvalue weighted by Crippen LogP contribution is 2.32. The van der Waals surface area contributed by atoms with Gasteiger partial charge < -0.3 is 0 Å². The molecule has 2 nitrogen and oxygen atoms in total. The molecule has 1 unspecified atom stereocenters. The average molecular weight is 353 g/mol. The summed E-state index contributed by atoms with van der Waals surface area (Å²) in [6.45, 7) is 6.53. The summed E-state index contributed by atoms with van der Waals surface area (Å²) in [5.41, 5.74) is 6.88. The van der Waals surface area contributed by atoms with Crippen molar-refractivity contribution in [1.29, 1.82) is 0 Å². The first-order valence-electron chi connectivity index (χ1n) is 6.82. The van der Waals surface area contributed by atoms with E-state index in [0.717, 1.165) is 6.42 Å². The Labute approximate surface area is 133 Å². The molecule has 3 N–H and O–H groups in total. The molecule has 20 heavy (non-hydrogen) atoms. The van der Waals surface area contributed by atoms with E-state index in [1.54, 1.807) is 11.3 Å². The molecule has 0 fully saturated rings. The van der Waals surface area contributed by atoms with E-state index in [4.69, 9.17) is 5.84 Å². The van der Waals surface area contributed by atoms with Gasteiger partial charge in [-0.25, -0.2) is 0 Å². The van der Waals surface area contributed by atoms with Crippen LogP contribution in [0.25, 0.3) is 0 Å². The largest absolute Gasteiger partial charge is 0.271 e. The van der Waals surface area contributed by atoms with Crippen molar-refractivity contribution in [2.75, 3.05) is 0 Å². The molecule has 2 aromatic rings. The second-order valence-electron chi connectivity index (χ2n) is 5.43. The lowest BCUT2D eigenvalue weighted by Gasteiger charge is -2.15. The fraction of sp³-hybridized carbons (Fsp3) is 0.375. The lowest BCUT2D eigenvalue weighted by molar-refractivity contribution is 0.560. The molecule has 0 aliphatic carbocycles. The van der Waals surface area contributed by atoms with E-state index in [1.165, 1.54) is 25.4 Å². The first kappa shape index (κ1) is 15.7. The molecule has 1 aromatic heterocycles. The predicted molar refractivity (Wildman–Crippen MR) is 91.1 cm³/mol. The van der Waals surface area contributed by atoms with Gasteiger partial charge in [-0.3, -0.25) is 11.3 Å². The van der Waals surface area contributed by atoms with E-state index < -0.39 is 0 Å². The molecule has 1 atom stereocenters. The zero-order valence-electron chi connectivity index (χ0n) is 12.1. The fourth-order valence-electron chi connectivity index (χ4n) is 2.17. The van der Waals surface area contributed by atoms with Crippen molar-refractivity contribution in [3.63, 3.8) is 0 Å². The number of nitrogens with two attached hydrogens (primary N) is 1. The van der Waals surface area contributed by atoms with Crippen LogP contribution in [0, 0.1) is 6.92 Å². The summed E-state index contributed by atoms with van der Waals surface area (Å²) in [7, 11) is 0. The van der Waals surface area contributed by atoms with Gasteiger partial charge in [0.2, 0.25) is 0 Å². The Morgan fingerprint density at radius 1 is 1.25 bits per heavy atom. The Bertz CT molecular complexity index is 541. The summed E-state index contributed by atoms with van der Waals surface area (Å²) < 4.78 is 1.18. The maximum atomic E-state index is 5.73. The normalized spacial score (nSPS) is 12.9. The van der Waals surface area contributed by atoms with Crippen LogP contribution in [0.1, 0.15) is 47.4 Å². The summed E-state index contributed by atoms with van der Waals surface area (Å²) in [6, 6.07) is 11.2. The van der Waals surface area contributed by atoms with E-state index in [1.807, 2.05) is 0 Å². The monoisotopic (exact) mass is 352 g/mol. The van der Waals surface area contributed by atoms with Crippen molar-refractivity contribution < 1.29 is 0 Å². The Hall–Kier alpha value is -0.680. The predicted octanol–water partition coefficient (Wildman–Crippen LogP) is 4.69. The molecular weight excluding hydrogens is 332 g/mol. The minimum Gasteiger partial charge on any atom is -0.271 e. The number of thiophene rings is 1. The van der Waals surface area contributed by atoms with Crippen LogP contribution < -0.4 is 11.3 Å². The highest BCUT2D eigenvalue weighted by Gasteiger charge is 2.14. The molecule has 0 aliphatic rings. The molecule has 108 valence electrons. The summed E-state index contributed by atoms with van der Waals surface area (Å²) in [6.07, 6.45) is 0.904. The number of hydrogen-bond acceptors (Lipinski definition) is 3. The van der Waals surface area contributed by atoms with Crippen LogP contribution in [0.15, 0.2) is 34.1 Å². The van der Waals surface area contributed by atoms with Gasteiger partial charge in [-0.15, -0.1) is 11.3 Å². The van der Waals surface area contributed by atoms with Gasteiger partial charge in [-0.05, 0) is 57.9 Å². The van der Waals surface area contributed by atoms with Gasteiger partial charge in [0.25, 0.3) is 0 Å². The van der Waals surface area contributed by atoms with Crippen LogP contribution in [0.5, 0.6) is 0 Å². The third kappa shape index (κ3) is 3.70. The SMILES string of the molecule is Cc1cc(C(Cc2ccc(C(C)C)cc2)NN)sc1Br. The molecule has 1 heterocycles. The summed E-state index contributed by atoms with van der Waals surface area (Å²) in [4.78, 5) is 1.27. The average Bonchev–Trinajstić information content (AvgIpc) is 2.76. The van der Waals surface area contributed by atoms with Crippen molar-refractivity contribution in [3.8, 4) is 0 Å². The van der Waals surface area contributed by atoms with Gasteiger partial charge in [0, 0.05) is 4.88 Å². The van der Waals surface area contributed by atoms with Crippen molar-refractivity contribution >= 4 is 27.3 Å². The summed E-state index contributed by atoms with van der Waals surface area (Å²) >= 11 is 5.32. The summed E-state index contributed by atoms with van der Waals surface area (Å²) in [5, 5.41) is 0. The van der Waals surface area contributed by atoms with Crippen LogP contribution in [-0.4, -0.2) is 0 Å². The number of rotatable bonds is 5. The van der Waals surface area contributed by atoms with E-state index in [9.17, 15) is 0 Å². The molecule has 1 aromatic carbocycles. The van der Waals surface area contributed by atoms with Crippen LogP contribution in [0.3, 0.4) is 0 Å². The minimum atomic E-state index is 0.162. The topological polar surface area (TPSA) is 38.0 Å². The number of halogens is 1. The van der Waals surface area contributed by atoms with Gasteiger partial charge in [0.05, 0.1) is 9.83 Å². The number of aryl methyl sites for hydroxylation is 1. The third-order valence-corrected chi connectivity index (χ3v) is 5.76. The third-order valence-electron chi connectivity index (χ3n) is 3.51.